The fourth-order valence-corrected chi connectivity index (χ4v) is 4.38. The largest absolute Gasteiger partial charge is 0.366 e. The minimum Gasteiger partial charge on any atom is -0.366 e. The minimum atomic E-state index is -0.372. The van der Waals surface area contributed by atoms with Crippen molar-refractivity contribution in [3.05, 3.63) is 94.0 Å². The number of para-hydroxylation sites is 2. The molecular formula is C27H29N5O4. The molecule has 3 aromatic carbocycles. The van der Waals surface area contributed by atoms with Crippen molar-refractivity contribution >= 4 is 34.7 Å². The van der Waals surface area contributed by atoms with Crippen LogP contribution in [0, 0.1) is 23.0 Å². The summed E-state index contributed by atoms with van der Waals surface area (Å²) < 4.78 is 0. The number of benzene rings is 3. The summed E-state index contributed by atoms with van der Waals surface area (Å²) in [6, 6.07) is 21.2. The third-order valence-electron chi connectivity index (χ3n) is 6.21. The van der Waals surface area contributed by atoms with E-state index in [2.05, 4.69) is 16.0 Å². The third-order valence-corrected chi connectivity index (χ3v) is 6.21. The van der Waals surface area contributed by atoms with Gasteiger partial charge >= 0.3 is 6.03 Å². The lowest BCUT2D eigenvalue weighted by atomic mass is 9.95. The predicted molar refractivity (Wildman–Crippen MR) is 140 cm³/mol. The van der Waals surface area contributed by atoms with Crippen LogP contribution in [0.1, 0.15) is 24.0 Å². The van der Waals surface area contributed by atoms with Crippen molar-refractivity contribution in [1.82, 2.24) is 5.32 Å². The van der Waals surface area contributed by atoms with E-state index in [0.29, 0.717) is 49.5 Å². The zero-order chi connectivity index (χ0) is 25.5. The number of anilines is 3. The SMILES string of the molecule is Cc1cccc(NC(=O)Nc2cccc(CNC(=O)C3CCN(c4ccccc4[N+](=O)[O-])CC3)c2)c1. The van der Waals surface area contributed by atoms with Gasteiger partial charge in [0, 0.05) is 43.0 Å². The molecule has 1 aliphatic heterocycles. The fourth-order valence-electron chi connectivity index (χ4n) is 4.38. The average molecular weight is 488 g/mol. The molecule has 3 amide bonds. The van der Waals surface area contributed by atoms with Gasteiger partial charge in [-0.1, -0.05) is 36.4 Å². The second kappa shape index (κ2) is 11.4. The molecule has 3 aromatic rings. The molecule has 1 aliphatic rings. The lowest BCUT2D eigenvalue weighted by molar-refractivity contribution is -0.384. The molecule has 1 heterocycles. The molecule has 1 saturated heterocycles. The van der Waals surface area contributed by atoms with E-state index in [4.69, 9.17) is 0 Å². The number of hydrogen-bond acceptors (Lipinski definition) is 5. The first-order chi connectivity index (χ1) is 17.4. The van der Waals surface area contributed by atoms with E-state index < -0.39 is 0 Å². The summed E-state index contributed by atoms with van der Waals surface area (Å²) in [5, 5.41) is 19.9. The lowest BCUT2D eigenvalue weighted by Gasteiger charge is -2.32. The van der Waals surface area contributed by atoms with Gasteiger partial charge in [-0.05, 0) is 61.2 Å². The van der Waals surface area contributed by atoms with Gasteiger partial charge in [0.1, 0.15) is 5.69 Å². The molecule has 0 spiro atoms. The topological polar surface area (TPSA) is 117 Å². The predicted octanol–water partition coefficient (Wildman–Crippen LogP) is 5.08. The number of nitro groups is 1. The number of piperidine rings is 1. The summed E-state index contributed by atoms with van der Waals surface area (Å²) >= 11 is 0. The number of nitrogens with zero attached hydrogens (tertiary/aromatic N) is 2. The highest BCUT2D eigenvalue weighted by molar-refractivity contribution is 5.99. The summed E-state index contributed by atoms with van der Waals surface area (Å²) in [5.41, 5.74) is 3.94. The highest BCUT2D eigenvalue weighted by Gasteiger charge is 2.27. The van der Waals surface area contributed by atoms with Crippen LogP contribution in [0.25, 0.3) is 0 Å². The maximum atomic E-state index is 12.8. The van der Waals surface area contributed by atoms with Crippen LogP contribution < -0.4 is 20.9 Å². The summed E-state index contributed by atoms with van der Waals surface area (Å²) in [6.07, 6.45) is 1.25. The lowest BCUT2D eigenvalue weighted by Crippen LogP contribution is -2.40. The van der Waals surface area contributed by atoms with Crippen molar-refractivity contribution in [2.24, 2.45) is 5.92 Å². The van der Waals surface area contributed by atoms with E-state index >= 15 is 0 Å². The van der Waals surface area contributed by atoms with Gasteiger partial charge in [-0.2, -0.15) is 0 Å². The first-order valence-electron chi connectivity index (χ1n) is 11.9. The molecule has 9 heteroatoms. The number of aryl methyl sites for hydroxylation is 1. The highest BCUT2D eigenvalue weighted by atomic mass is 16.6. The van der Waals surface area contributed by atoms with Crippen LogP contribution in [-0.2, 0) is 11.3 Å². The van der Waals surface area contributed by atoms with Gasteiger partial charge in [0.15, 0.2) is 0 Å². The van der Waals surface area contributed by atoms with Crippen LogP contribution in [0.15, 0.2) is 72.8 Å². The van der Waals surface area contributed by atoms with Crippen LogP contribution in [0.3, 0.4) is 0 Å². The Kier molecular flexibility index (Phi) is 7.79. The normalized spacial score (nSPS) is 13.6. The molecular weight excluding hydrogens is 458 g/mol. The van der Waals surface area contributed by atoms with E-state index in [1.165, 1.54) is 6.07 Å². The number of amides is 3. The molecule has 9 nitrogen and oxygen atoms in total. The Morgan fingerprint density at radius 1 is 0.944 bits per heavy atom. The number of nitrogens with one attached hydrogen (secondary N) is 3. The summed E-state index contributed by atoms with van der Waals surface area (Å²) in [5.74, 6) is -0.182. The zero-order valence-electron chi connectivity index (χ0n) is 20.1. The molecule has 0 atom stereocenters. The number of carbonyl (C=O) groups is 2. The number of carbonyl (C=O) groups excluding carboxylic acids is 2. The molecule has 0 aliphatic carbocycles. The first-order valence-corrected chi connectivity index (χ1v) is 11.9. The van der Waals surface area contributed by atoms with E-state index in [-0.39, 0.29) is 28.5 Å². The maximum Gasteiger partial charge on any atom is 0.323 e. The van der Waals surface area contributed by atoms with Crippen molar-refractivity contribution in [1.29, 1.82) is 0 Å². The molecule has 3 N–H and O–H groups in total. The summed E-state index contributed by atoms with van der Waals surface area (Å²) in [7, 11) is 0. The monoisotopic (exact) mass is 487 g/mol. The van der Waals surface area contributed by atoms with Crippen molar-refractivity contribution < 1.29 is 14.5 Å². The van der Waals surface area contributed by atoms with Crippen molar-refractivity contribution in [2.75, 3.05) is 28.6 Å². The fraction of sp³-hybridized carbons (Fsp3) is 0.259. The minimum absolute atomic E-state index is 0.0345. The maximum absolute atomic E-state index is 12.8. The molecule has 186 valence electrons. The molecule has 0 radical (unpaired) electrons. The first kappa shape index (κ1) is 24.7. The van der Waals surface area contributed by atoms with Gasteiger partial charge < -0.3 is 20.9 Å². The second-order valence-corrected chi connectivity index (χ2v) is 8.87. The Morgan fingerprint density at radius 2 is 1.61 bits per heavy atom. The summed E-state index contributed by atoms with van der Waals surface area (Å²) in [4.78, 5) is 38.0. The Balaban J connectivity index is 1.26. The van der Waals surface area contributed by atoms with E-state index in [1.54, 1.807) is 24.3 Å². The molecule has 1 fully saturated rings. The van der Waals surface area contributed by atoms with Gasteiger partial charge in [-0.25, -0.2) is 4.79 Å². The van der Waals surface area contributed by atoms with Gasteiger partial charge in [0.05, 0.1) is 4.92 Å². The molecule has 0 aromatic heterocycles. The second-order valence-electron chi connectivity index (χ2n) is 8.87. The van der Waals surface area contributed by atoms with E-state index in [9.17, 15) is 19.7 Å². The molecule has 0 unspecified atom stereocenters. The Hall–Kier alpha value is -4.40. The van der Waals surface area contributed by atoms with Gasteiger partial charge in [0.25, 0.3) is 5.69 Å². The Labute approximate surface area is 209 Å². The smallest absolute Gasteiger partial charge is 0.323 e. The van der Waals surface area contributed by atoms with Crippen molar-refractivity contribution in [3.63, 3.8) is 0 Å². The number of nitro benzene ring substituents is 1. The third kappa shape index (κ3) is 6.38. The zero-order valence-corrected chi connectivity index (χ0v) is 20.1. The molecule has 0 bridgehead atoms. The van der Waals surface area contributed by atoms with E-state index in [0.717, 1.165) is 11.1 Å². The Morgan fingerprint density at radius 3 is 2.31 bits per heavy atom. The van der Waals surface area contributed by atoms with Crippen LogP contribution in [0.5, 0.6) is 0 Å². The van der Waals surface area contributed by atoms with Crippen LogP contribution in [0.2, 0.25) is 0 Å². The molecule has 0 saturated carbocycles. The average Bonchev–Trinajstić information content (AvgIpc) is 2.87. The molecule has 36 heavy (non-hydrogen) atoms. The molecule has 4 rings (SSSR count). The Bertz CT molecular complexity index is 1250. The van der Waals surface area contributed by atoms with Crippen molar-refractivity contribution in [2.45, 2.75) is 26.3 Å². The van der Waals surface area contributed by atoms with Crippen LogP contribution in [-0.4, -0.2) is 30.0 Å². The number of rotatable bonds is 7. The van der Waals surface area contributed by atoms with Gasteiger partial charge in [-0.15, -0.1) is 0 Å². The van der Waals surface area contributed by atoms with Gasteiger partial charge in [-0.3, -0.25) is 14.9 Å². The van der Waals surface area contributed by atoms with Crippen molar-refractivity contribution in [3.8, 4) is 0 Å². The standard InChI is InChI=1S/C27H29N5O4/c1-19-6-4-8-22(16-19)29-27(34)30-23-9-5-7-20(17-23)18-28-26(33)21-12-14-31(15-13-21)24-10-2-3-11-25(24)32(35)36/h2-11,16-17,21H,12-15,18H2,1H3,(H,28,33)(H2,29,30,34). The highest BCUT2D eigenvalue weighted by Crippen LogP contribution is 2.31. The number of hydrogen-bond donors (Lipinski definition) is 3. The van der Waals surface area contributed by atoms with Crippen LogP contribution >= 0.6 is 0 Å². The summed E-state index contributed by atoms with van der Waals surface area (Å²) in [6.45, 7) is 3.47. The number of urea groups is 1. The van der Waals surface area contributed by atoms with Crippen LogP contribution in [0.4, 0.5) is 27.5 Å². The van der Waals surface area contributed by atoms with Gasteiger partial charge in [0.2, 0.25) is 5.91 Å². The quantitative estimate of drug-likeness (QED) is 0.317. The van der Waals surface area contributed by atoms with E-state index in [1.807, 2.05) is 54.3 Å².